The Morgan fingerprint density at radius 3 is 2.59 bits per heavy atom. The number of aryl methyl sites for hydroxylation is 1. The number of nitrogens with zero attached hydrogens (tertiary/aromatic N) is 1. The van der Waals surface area contributed by atoms with Crippen LogP contribution in [0.15, 0.2) is 48.5 Å². The summed E-state index contributed by atoms with van der Waals surface area (Å²) in [6.07, 6.45) is 1.14. The first-order chi connectivity index (χ1) is 12.6. The van der Waals surface area contributed by atoms with Gasteiger partial charge in [-0.15, -0.1) is 12.4 Å². The van der Waals surface area contributed by atoms with Crippen molar-refractivity contribution in [1.82, 2.24) is 4.90 Å². The third-order valence-corrected chi connectivity index (χ3v) is 5.46. The molecule has 1 aliphatic heterocycles. The van der Waals surface area contributed by atoms with E-state index in [-0.39, 0.29) is 18.3 Å². The van der Waals surface area contributed by atoms with E-state index in [4.69, 9.17) is 22.1 Å². The molecule has 0 bridgehead atoms. The predicted molar refractivity (Wildman–Crippen MR) is 112 cm³/mol. The lowest BCUT2D eigenvalue weighted by molar-refractivity contribution is -0.130. The molecule has 4 nitrogen and oxygen atoms in total. The van der Waals surface area contributed by atoms with E-state index in [0.29, 0.717) is 42.0 Å². The van der Waals surface area contributed by atoms with Crippen molar-refractivity contribution in [1.29, 1.82) is 0 Å². The fraction of sp³-hybridized carbons (Fsp3) is 0.381. The van der Waals surface area contributed by atoms with Crippen LogP contribution in [0.3, 0.4) is 0 Å². The first-order valence-corrected chi connectivity index (χ1v) is 9.35. The Hall–Kier alpha value is -1.75. The highest BCUT2D eigenvalue weighted by atomic mass is 35.5. The Balaban J connectivity index is 0.00000261. The Bertz CT molecular complexity index is 755. The van der Waals surface area contributed by atoms with E-state index in [1.54, 1.807) is 7.11 Å². The fourth-order valence-electron chi connectivity index (χ4n) is 3.67. The van der Waals surface area contributed by atoms with Crippen molar-refractivity contribution in [2.75, 3.05) is 26.7 Å². The molecular weight excluding hydrogens is 383 g/mol. The number of halogens is 2. The maximum absolute atomic E-state index is 12.7. The number of likely N-dealkylation sites (tertiary alicyclic amines) is 1. The van der Waals surface area contributed by atoms with Crippen molar-refractivity contribution >= 4 is 29.9 Å². The average Bonchev–Trinajstić information content (AvgIpc) is 3.11. The van der Waals surface area contributed by atoms with Crippen LogP contribution in [0.25, 0.3) is 0 Å². The van der Waals surface area contributed by atoms with E-state index in [0.717, 1.165) is 18.7 Å². The van der Waals surface area contributed by atoms with Crippen LogP contribution in [0, 0.1) is 5.92 Å². The summed E-state index contributed by atoms with van der Waals surface area (Å²) < 4.78 is 5.17. The maximum atomic E-state index is 12.7. The number of rotatable bonds is 6. The summed E-state index contributed by atoms with van der Waals surface area (Å²) in [6, 6.07) is 16.0. The molecule has 146 valence electrons. The summed E-state index contributed by atoms with van der Waals surface area (Å²) in [6.45, 7) is 2.07. The molecule has 1 saturated heterocycles. The molecule has 0 aromatic heterocycles. The van der Waals surface area contributed by atoms with Crippen molar-refractivity contribution in [2.24, 2.45) is 11.7 Å². The summed E-state index contributed by atoms with van der Waals surface area (Å²) in [7, 11) is 1.59. The molecule has 0 unspecified atom stereocenters. The number of amides is 1. The lowest BCUT2D eigenvalue weighted by Gasteiger charge is -2.17. The van der Waals surface area contributed by atoms with E-state index in [2.05, 4.69) is 12.1 Å². The SMILES string of the molecule is COc1ccc(CCC(=O)N2C[C@@H](CN)[C@H](c3ccccc3)C2)cc1Cl.Cl. The van der Waals surface area contributed by atoms with Crippen molar-refractivity contribution in [3.8, 4) is 5.75 Å². The molecule has 1 fully saturated rings. The van der Waals surface area contributed by atoms with Gasteiger partial charge in [0, 0.05) is 25.4 Å². The Morgan fingerprint density at radius 1 is 1.22 bits per heavy atom. The van der Waals surface area contributed by atoms with Gasteiger partial charge >= 0.3 is 0 Å². The molecule has 0 spiro atoms. The third-order valence-electron chi connectivity index (χ3n) is 5.17. The van der Waals surface area contributed by atoms with Crippen molar-refractivity contribution in [3.05, 3.63) is 64.7 Å². The minimum atomic E-state index is 0. The minimum absolute atomic E-state index is 0. The lowest BCUT2D eigenvalue weighted by Crippen LogP contribution is -2.30. The smallest absolute Gasteiger partial charge is 0.222 e. The number of nitrogens with two attached hydrogens (primary N) is 1. The van der Waals surface area contributed by atoms with E-state index >= 15 is 0 Å². The number of carbonyl (C=O) groups is 1. The molecule has 0 radical (unpaired) electrons. The largest absolute Gasteiger partial charge is 0.495 e. The van der Waals surface area contributed by atoms with Gasteiger partial charge in [0.05, 0.1) is 12.1 Å². The Morgan fingerprint density at radius 2 is 1.96 bits per heavy atom. The highest BCUT2D eigenvalue weighted by molar-refractivity contribution is 6.32. The van der Waals surface area contributed by atoms with Crippen LogP contribution in [-0.4, -0.2) is 37.6 Å². The number of hydrogen-bond donors (Lipinski definition) is 1. The topological polar surface area (TPSA) is 55.6 Å². The van der Waals surface area contributed by atoms with E-state index in [1.807, 2.05) is 41.3 Å². The molecule has 2 aromatic carbocycles. The maximum Gasteiger partial charge on any atom is 0.222 e. The second kappa shape index (κ2) is 9.98. The van der Waals surface area contributed by atoms with E-state index in [1.165, 1.54) is 5.56 Å². The Labute approximate surface area is 172 Å². The van der Waals surface area contributed by atoms with Gasteiger partial charge in [-0.1, -0.05) is 48.0 Å². The quantitative estimate of drug-likeness (QED) is 0.787. The highest BCUT2D eigenvalue weighted by Gasteiger charge is 2.34. The van der Waals surface area contributed by atoms with Crippen LogP contribution < -0.4 is 10.5 Å². The molecule has 0 saturated carbocycles. The zero-order valence-corrected chi connectivity index (χ0v) is 17.0. The first kappa shape index (κ1) is 21.5. The Kier molecular flexibility index (Phi) is 7.96. The van der Waals surface area contributed by atoms with Crippen LogP contribution in [0.2, 0.25) is 5.02 Å². The second-order valence-electron chi connectivity index (χ2n) is 6.78. The zero-order chi connectivity index (χ0) is 18.5. The summed E-state index contributed by atoms with van der Waals surface area (Å²) in [5.41, 5.74) is 8.27. The number of benzene rings is 2. The summed E-state index contributed by atoms with van der Waals surface area (Å²) in [4.78, 5) is 14.7. The lowest BCUT2D eigenvalue weighted by atomic mass is 9.89. The molecule has 1 amide bonds. The number of ether oxygens (including phenoxy) is 1. The van der Waals surface area contributed by atoms with Gasteiger partial charge in [-0.25, -0.2) is 0 Å². The molecule has 2 atom stereocenters. The van der Waals surface area contributed by atoms with Gasteiger partial charge < -0.3 is 15.4 Å². The molecule has 0 aliphatic carbocycles. The van der Waals surface area contributed by atoms with Crippen LogP contribution in [-0.2, 0) is 11.2 Å². The van der Waals surface area contributed by atoms with E-state index in [9.17, 15) is 4.79 Å². The first-order valence-electron chi connectivity index (χ1n) is 8.97. The molecule has 6 heteroatoms. The van der Waals surface area contributed by atoms with Crippen LogP contribution in [0.4, 0.5) is 0 Å². The zero-order valence-electron chi connectivity index (χ0n) is 15.4. The van der Waals surface area contributed by atoms with Gasteiger partial charge in [-0.05, 0) is 42.1 Å². The number of methoxy groups -OCH3 is 1. The molecular formula is C21H26Cl2N2O2. The van der Waals surface area contributed by atoms with Crippen LogP contribution in [0.1, 0.15) is 23.5 Å². The van der Waals surface area contributed by atoms with Gasteiger partial charge in [0.2, 0.25) is 5.91 Å². The number of carbonyl (C=O) groups excluding carboxylic acids is 1. The number of hydrogen-bond acceptors (Lipinski definition) is 3. The monoisotopic (exact) mass is 408 g/mol. The summed E-state index contributed by atoms with van der Waals surface area (Å²) in [5.74, 6) is 1.46. The molecule has 1 aliphatic rings. The second-order valence-corrected chi connectivity index (χ2v) is 7.19. The molecule has 2 N–H and O–H groups in total. The fourth-order valence-corrected chi connectivity index (χ4v) is 3.95. The van der Waals surface area contributed by atoms with Crippen molar-refractivity contribution in [2.45, 2.75) is 18.8 Å². The van der Waals surface area contributed by atoms with Crippen LogP contribution >= 0.6 is 24.0 Å². The molecule has 2 aromatic rings. The van der Waals surface area contributed by atoms with Gasteiger partial charge in [0.1, 0.15) is 5.75 Å². The normalized spacial score (nSPS) is 18.9. The van der Waals surface area contributed by atoms with Gasteiger partial charge in [-0.3, -0.25) is 4.79 Å². The van der Waals surface area contributed by atoms with Gasteiger partial charge in [-0.2, -0.15) is 0 Å². The van der Waals surface area contributed by atoms with Crippen LogP contribution in [0.5, 0.6) is 5.75 Å². The highest BCUT2D eigenvalue weighted by Crippen LogP contribution is 2.32. The van der Waals surface area contributed by atoms with Gasteiger partial charge in [0.25, 0.3) is 0 Å². The average molecular weight is 409 g/mol. The molecule has 1 heterocycles. The molecule has 3 rings (SSSR count). The summed E-state index contributed by atoms with van der Waals surface area (Å²) in [5, 5.41) is 0.575. The molecule has 27 heavy (non-hydrogen) atoms. The predicted octanol–water partition coefficient (Wildman–Crippen LogP) is 3.90. The standard InChI is InChI=1S/C21H25ClN2O2.ClH/c1-26-20-9-7-15(11-19(20)22)8-10-21(25)24-13-17(12-23)18(14-24)16-5-3-2-4-6-16;/h2-7,9,11,17-18H,8,10,12-14,23H2,1H3;1H/t17-,18+;/m1./s1. The van der Waals surface area contributed by atoms with Crippen molar-refractivity contribution in [3.63, 3.8) is 0 Å². The summed E-state index contributed by atoms with van der Waals surface area (Å²) >= 11 is 6.16. The minimum Gasteiger partial charge on any atom is -0.495 e. The van der Waals surface area contributed by atoms with Gasteiger partial charge in [0.15, 0.2) is 0 Å². The van der Waals surface area contributed by atoms with Crippen molar-refractivity contribution < 1.29 is 9.53 Å². The van der Waals surface area contributed by atoms with E-state index < -0.39 is 0 Å². The third kappa shape index (κ3) is 5.16.